The maximum absolute atomic E-state index is 12.5. The molecule has 0 radical (unpaired) electrons. The number of aromatic nitrogens is 4. The van der Waals surface area contributed by atoms with Crippen LogP contribution in [0.2, 0.25) is 0 Å². The Morgan fingerprint density at radius 3 is 2.63 bits per heavy atom. The van der Waals surface area contributed by atoms with Gasteiger partial charge in [0.25, 0.3) is 5.91 Å². The molecule has 1 amide bonds. The van der Waals surface area contributed by atoms with Gasteiger partial charge in [-0.25, -0.2) is 9.89 Å². The standard InChI is InChI=1S/C19H19N5O3/c25-18(17-11-10-16(27-17)12-13-4-2-1-3-5-13)20-14-6-8-15(9-7-14)24-19(26)21-22-23-24/h1-9,16-17H,10-12H2,(H,20,25)(H,21,23,26)/t16-,17+/m1/s1. The Kier molecular flexibility index (Phi) is 4.80. The number of rotatable bonds is 5. The van der Waals surface area contributed by atoms with Crippen LogP contribution in [0.1, 0.15) is 18.4 Å². The van der Waals surface area contributed by atoms with E-state index in [1.165, 1.54) is 5.56 Å². The fraction of sp³-hybridized carbons (Fsp3) is 0.263. The van der Waals surface area contributed by atoms with E-state index in [1.807, 2.05) is 18.2 Å². The van der Waals surface area contributed by atoms with Gasteiger partial charge in [0.2, 0.25) is 0 Å². The zero-order chi connectivity index (χ0) is 18.6. The van der Waals surface area contributed by atoms with Gasteiger partial charge in [-0.15, -0.1) is 0 Å². The topological polar surface area (TPSA) is 102 Å². The molecule has 2 aromatic carbocycles. The maximum atomic E-state index is 12.5. The molecule has 2 atom stereocenters. The van der Waals surface area contributed by atoms with Crippen molar-refractivity contribution in [2.24, 2.45) is 0 Å². The van der Waals surface area contributed by atoms with E-state index >= 15 is 0 Å². The van der Waals surface area contributed by atoms with Crippen LogP contribution < -0.4 is 11.0 Å². The van der Waals surface area contributed by atoms with E-state index in [-0.39, 0.29) is 12.0 Å². The third kappa shape index (κ3) is 3.95. The van der Waals surface area contributed by atoms with Crippen molar-refractivity contribution < 1.29 is 9.53 Å². The first kappa shape index (κ1) is 17.2. The molecule has 0 saturated carbocycles. The highest BCUT2D eigenvalue weighted by atomic mass is 16.5. The number of H-pyrrole nitrogens is 1. The Morgan fingerprint density at radius 1 is 1.15 bits per heavy atom. The van der Waals surface area contributed by atoms with Crippen molar-refractivity contribution in [1.82, 2.24) is 20.2 Å². The molecule has 1 aliphatic rings. The quantitative estimate of drug-likeness (QED) is 0.716. The third-order valence-electron chi connectivity index (χ3n) is 4.56. The minimum Gasteiger partial charge on any atom is -0.365 e. The first-order chi connectivity index (χ1) is 13.2. The van der Waals surface area contributed by atoms with Crippen LogP contribution >= 0.6 is 0 Å². The molecule has 1 fully saturated rings. The summed E-state index contributed by atoms with van der Waals surface area (Å²) in [7, 11) is 0. The van der Waals surface area contributed by atoms with Gasteiger partial charge in [-0.05, 0) is 59.5 Å². The Bertz CT molecular complexity index is 965. The summed E-state index contributed by atoms with van der Waals surface area (Å²) in [4.78, 5) is 24.0. The Balaban J connectivity index is 1.34. The lowest BCUT2D eigenvalue weighted by Gasteiger charge is -2.14. The van der Waals surface area contributed by atoms with Crippen molar-refractivity contribution in [3.05, 3.63) is 70.6 Å². The number of carbonyl (C=O) groups is 1. The van der Waals surface area contributed by atoms with E-state index in [0.29, 0.717) is 17.8 Å². The average molecular weight is 365 g/mol. The van der Waals surface area contributed by atoms with Crippen molar-refractivity contribution in [1.29, 1.82) is 0 Å². The van der Waals surface area contributed by atoms with E-state index in [1.54, 1.807) is 24.3 Å². The van der Waals surface area contributed by atoms with E-state index in [2.05, 4.69) is 33.0 Å². The lowest BCUT2D eigenvalue weighted by Crippen LogP contribution is -2.28. The molecule has 0 aliphatic carbocycles. The van der Waals surface area contributed by atoms with Gasteiger partial charge in [0, 0.05) is 5.69 Å². The molecule has 2 heterocycles. The van der Waals surface area contributed by atoms with Crippen LogP contribution in [0.5, 0.6) is 0 Å². The molecule has 1 aliphatic heterocycles. The summed E-state index contributed by atoms with van der Waals surface area (Å²) in [5.41, 5.74) is 1.99. The number of tetrazole rings is 1. The molecule has 27 heavy (non-hydrogen) atoms. The SMILES string of the molecule is O=C(Nc1ccc(-n2nn[nH]c2=O)cc1)[C@@H]1CC[C@H](Cc2ccccc2)O1. The Labute approximate surface area is 155 Å². The van der Waals surface area contributed by atoms with E-state index in [9.17, 15) is 9.59 Å². The molecule has 138 valence electrons. The number of amides is 1. The summed E-state index contributed by atoms with van der Waals surface area (Å²) in [6.45, 7) is 0. The van der Waals surface area contributed by atoms with Crippen LogP contribution in [-0.4, -0.2) is 38.3 Å². The van der Waals surface area contributed by atoms with E-state index < -0.39 is 11.8 Å². The Hall–Kier alpha value is -3.26. The minimum absolute atomic E-state index is 0.0598. The van der Waals surface area contributed by atoms with Crippen LogP contribution in [0.25, 0.3) is 5.69 Å². The summed E-state index contributed by atoms with van der Waals surface area (Å²) >= 11 is 0. The van der Waals surface area contributed by atoms with Gasteiger partial charge in [0.1, 0.15) is 6.10 Å². The van der Waals surface area contributed by atoms with Crippen molar-refractivity contribution in [3.63, 3.8) is 0 Å². The number of ether oxygens (including phenoxy) is 1. The molecular formula is C19H19N5O3. The Morgan fingerprint density at radius 2 is 1.93 bits per heavy atom. The first-order valence-electron chi connectivity index (χ1n) is 8.80. The molecule has 1 saturated heterocycles. The van der Waals surface area contributed by atoms with Crippen molar-refractivity contribution in [3.8, 4) is 5.69 Å². The molecule has 0 spiro atoms. The minimum atomic E-state index is -0.448. The number of hydrogen-bond donors (Lipinski definition) is 2. The van der Waals surface area contributed by atoms with Gasteiger partial charge < -0.3 is 10.1 Å². The second-order valence-electron chi connectivity index (χ2n) is 6.47. The number of aromatic amines is 1. The normalized spacial score (nSPS) is 19.1. The number of hydrogen-bond acceptors (Lipinski definition) is 5. The largest absolute Gasteiger partial charge is 0.365 e. The molecule has 4 rings (SSSR count). The van der Waals surface area contributed by atoms with E-state index in [4.69, 9.17) is 4.74 Å². The highest BCUT2D eigenvalue weighted by Gasteiger charge is 2.30. The second kappa shape index (κ2) is 7.55. The monoisotopic (exact) mass is 365 g/mol. The first-order valence-corrected chi connectivity index (χ1v) is 8.80. The zero-order valence-electron chi connectivity index (χ0n) is 14.5. The van der Waals surface area contributed by atoms with Gasteiger partial charge in [-0.1, -0.05) is 30.3 Å². The lowest BCUT2D eigenvalue weighted by molar-refractivity contribution is -0.126. The highest BCUT2D eigenvalue weighted by Crippen LogP contribution is 2.24. The molecule has 8 heteroatoms. The molecule has 1 aromatic heterocycles. The fourth-order valence-corrected chi connectivity index (χ4v) is 3.20. The van der Waals surface area contributed by atoms with Crippen LogP contribution in [0, 0.1) is 0 Å². The lowest BCUT2D eigenvalue weighted by atomic mass is 10.1. The summed E-state index contributed by atoms with van der Waals surface area (Å²) < 4.78 is 7.06. The number of nitrogens with one attached hydrogen (secondary N) is 2. The highest BCUT2D eigenvalue weighted by molar-refractivity contribution is 5.94. The van der Waals surface area contributed by atoms with Gasteiger partial charge in [0.15, 0.2) is 0 Å². The summed E-state index contributed by atoms with van der Waals surface area (Å²) in [6, 6.07) is 16.9. The number of carbonyl (C=O) groups excluding carboxylic acids is 1. The van der Waals surface area contributed by atoms with Crippen molar-refractivity contribution in [2.45, 2.75) is 31.5 Å². The molecule has 0 unspecified atom stereocenters. The predicted octanol–water partition coefficient (Wildman–Crippen LogP) is 1.68. The van der Waals surface area contributed by atoms with Gasteiger partial charge >= 0.3 is 5.69 Å². The van der Waals surface area contributed by atoms with Crippen molar-refractivity contribution in [2.75, 3.05) is 5.32 Å². The summed E-state index contributed by atoms with van der Waals surface area (Å²) in [5, 5.41) is 12.2. The maximum Gasteiger partial charge on any atom is 0.365 e. The smallest absolute Gasteiger partial charge is 0.365 e. The van der Waals surface area contributed by atoms with Crippen LogP contribution in [0.4, 0.5) is 5.69 Å². The summed E-state index contributed by atoms with van der Waals surface area (Å²) in [6.07, 6.45) is 1.99. The average Bonchev–Trinajstić information content (AvgIpc) is 3.32. The second-order valence-corrected chi connectivity index (χ2v) is 6.47. The molecule has 8 nitrogen and oxygen atoms in total. The van der Waals surface area contributed by atoms with Crippen LogP contribution in [-0.2, 0) is 16.0 Å². The number of nitrogens with zero attached hydrogens (tertiary/aromatic N) is 3. The predicted molar refractivity (Wildman–Crippen MR) is 98.7 cm³/mol. The van der Waals surface area contributed by atoms with Crippen LogP contribution in [0.15, 0.2) is 59.4 Å². The molecule has 3 aromatic rings. The summed E-state index contributed by atoms with van der Waals surface area (Å²) in [5.74, 6) is -0.156. The van der Waals surface area contributed by atoms with Gasteiger partial charge in [-0.2, -0.15) is 4.68 Å². The van der Waals surface area contributed by atoms with E-state index in [0.717, 1.165) is 17.5 Å². The molecular weight excluding hydrogens is 346 g/mol. The zero-order valence-corrected chi connectivity index (χ0v) is 14.5. The molecule has 2 N–H and O–H groups in total. The molecule has 0 bridgehead atoms. The van der Waals surface area contributed by atoms with Gasteiger partial charge in [-0.3, -0.25) is 4.79 Å². The van der Waals surface area contributed by atoms with Gasteiger partial charge in [0.05, 0.1) is 11.8 Å². The van der Waals surface area contributed by atoms with Crippen LogP contribution in [0.3, 0.4) is 0 Å². The van der Waals surface area contributed by atoms with Crippen molar-refractivity contribution >= 4 is 11.6 Å². The number of anilines is 1. The fourth-order valence-electron chi connectivity index (χ4n) is 3.20. The number of benzene rings is 2. The third-order valence-corrected chi connectivity index (χ3v) is 4.56.